The summed E-state index contributed by atoms with van der Waals surface area (Å²) < 4.78 is 1.57. The fourth-order valence-electron chi connectivity index (χ4n) is 2.41. The maximum atomic E-state index is 12.3. The molecule has 0 atom stereocenters. The van der Waals surface area contributed by atoms with Crippen LogP contribution >= 0.6 is 0 Å². The Hall–Kier alpha value is -3.08. The number of carbonyl (C=O) groups excluding carboxylic acids is 2. The standard InChI is InChI=1S/C18H16N2O3/c21-15-7-5-14(6-8-15)19-17(22)9-10-18(23)20-12-11-13-3-1-2-4-16(13)20/h1-8,11-12,21H,9-10H2,(H,19,22). The first-order chi connectivity index (χ1) is 11.1. The highest BCUT2D eigenvalue weighted by Gasteiger charge is 2.11. The van der Waals surface area contributed by atoms with Gasteiger partial charge < -0.3 is 10.4 Å². The topological polar surface area (TPSA) is 71.3 Å². The van der Waals surface area contributed by atoms with E-state index in [4.69, 9.17) is 0 Å². The van der Waals surface area contributed by atoms with Crippen molar-refractivity contribution in [3.8, 4) is 5.75 Å². The van der Waals surface area contributed by atoms with Crippen LogP contribution in [-0.4, -0.2) is 21.5 Å². The lowest BCUT2D eigenvalue weighted by atomic mass is 10.2. The molecule has 3 rings (SSSR count). The van der Waals surface area contributed by atoms with Gasteiger partial charge in [0.05, 0.1) is 5.52 Å². The van der Waals surface area contributed by atoms with Gasteiger partial charge in [0.25, 0.3) is 0 Å². The van der Waals surface area contributed by atoms with Crippen LogP contribution < -0.4 is 5.32 Å². The van der Waals surface area contributed by atoms with Crippen molar-refractivity contribution in [2.45, 2.75) is 12.8 Å². The second kappa shape index (κ2) is 6.36. The average molecular weight is 308 g/mol. The molecule has 3 aromatic rings. The molecule has 5 nitrogen and oxygen atoms in total. The van der Waals surface area contributed by atoms with Crippen LogP contribution in [0.25, 0.3) is 10.9 Å². The minimum Gasteiger partial charge on any atom is -0.508 e. The summed E-state index contributed by atoms with van der Waals surface area (Å²) in [4.78, 5) is 24.2. The Balaban J connectivity index is 1.60. The molecule has 0 fully saturated rings. The van der Waals surface area contributed by atoms with E-state index >= 15 is 0 Å². The fraction of sp³-hybridized carbons (Fsp3) is 0.111. The number of aromatic hydroxyl groups is 1. The van der Waals surface area contributed by atoms with Gasteiger partial charge in [-0.15, -0.1) is 0 Å². The van der Waals surface area contributed by atoms with Crippen LogP contribution in [0, 0.1) is 0 Å². The molecule has 2 N–H and O–H groups in total. The number of aromatic nitrogens is 1. The van der Waals surface area contributed by atoms with Crippen LogP contribution in [-0.2, 0) is 4.79 Å². The zero-order valence-electron chi connectivity index (χ0n) is 12.4. The number of benzene rings is 2. The molecule has 0 unspecified atom stereocenters. The van der Waals surface area contributed by atoms with Crippen LogP contribution in [0.5, 0.6) is 5.75 Å². The molecule has 0 aliphatic heterocycles. The molecule has 0 saturated carbocycles. The fourth-order valence-corrected chi connectivity index (χ4v) is 2.41. The van der Waals surface area contributed by atoms with E-state index in [-0.39, 0.29) is 30.4 Å². The zero-order valence-corrected chi connectivity index (χ0v) is 12.4. The highest BCUT2D eigenvalue weighted by molar-refractivity contribution is 5.96. The van der Waals surface area contributed by atoms with Gasteiger partial charge >= 0.3 is 0 Å². The Morgan fingerprint density at radius 1 is 0.957 bits per heavy atom. The Morgan fingerprint density at radius 2 is 1.70 bits per heavy atom. The van der Waals surface area contributed by atoms with Gasteiger partial charge in [0.15, 0.2) is 0 Å². The lowest BCUT2D eigenvalue weighted by molar-refractivity contribution is -0.116. The lowest BCUT2D eigenvalue weighted by Gasteiger charge is -2.06. The van der Waals surface area contributed by atoms with E-state index in [1.807, 2.05) is 30.3 Å². The summed E-state index contributed by atoms with van der Waals surface area (Å²) in [6.45, 7) is 0. The van der Waals surface area contributed by atoms with E-state index in [0.717, 1.165) is 10.9 Å². The minimum atomic E-state index is -0.236. The number of phenolic OH excluding ortho intramolecular Hbond substituents is 1. The first-order valence-corrected chi connectivity index (χ1v) is 7.32. The van der Waals surface area contributed by atoms with E-state index in [9.17, 15) is 14.7 Å². The highest BCUT2D eigenvalue weighted by Crippen LogP contribution is 2.17. The summed E-state index contributed by atoms with van der Waals surface area (Å²) in [6, 6.07) is 15.7. The molecule has 23 heavy (non-hydrogen) atoms. The van der Waals surface area contributed by atoms with E-state index in [0.29, 0.717) is 5.69 Å². The van der Waals surface area contributed by atoms with E-state index in [2.05, 4.69) is 5.32 Å². The summed E-state index contributed by atoms with van der Waals surface area (Å²) in [7, 11) is 0. The number of phenols is 1. The zero-order chi connectivity index (χ0) is 16.2. The normalized spacial score (nSPS) is 10.6. The molecule has 1 heterocycles. The molecule has 0 radical (unpaired) electrons. The van der Waals surface area contributed by atoms with Gasteiger partial charge in [0.2, 0.25) is 11.8 Å². The number of nitrogens with zero attached hydrogens (tertiary/aromatic N) is 1. The maximum absolute atomic E-state index is 12.3. The van der Waals surface area contributed by atoms with Crippen LogP contribution in [0.4, 0.5) is 5.69 Å². The predicted octanol–water partition coefficient (Wildman–Crippen LogP) is 3.41. The number of fused-ring (bicyclic) bond motifs is 1. The summed E-state index contributed by atoms with van der Waals surface area (Å²) in [5.41, 5.74) is 1.43. The van der Waals surface area contributed by atoms with E-state index in [1.165, 1.54) is 12.1 Å². The second-order valence-electron chi connectivity index (χ2n) is 5.23. The van der Waals surface area contributed by atoms with Crippen molar-refractivity contribution in [3.05, 3.63) is 60.8 Å². The predicted molar refractivity (Wildman–Crippen MR) is 88.5 cm³/mol. The number of amides is 1. The smallest absolute Gasteiger partial charge is 0.231 e. The summed E-state index contributed by atoms with van der Waals surface area (Å²) in [6.07, 6.45) is 1.96. The van der Waals surface area contributed by atoms with Gasteiger partial charge in [-0.25, -0.2) is 0 Å². The average Bonchev–Trinajstić information content (AvgIpc) is 2.99. The van der Waals surface area contributed by atoms with Crippen LogP contribution in [0.1, 0.15) is 17.6 Å². The lowest BCUT2D eigenvalue weighted by Crippen LogP contribution is -2.16. The Kier molecular flexibility index (Phi) is 4.10. The molecule has 0 aliphatic rings. The number of rotatable bonds is 4. The van der Waals surface area contributed by atoms with Gasteiger partial charge in [-0.3, -0.25) is 14.2 Å². The number of hydrogen-bond donors (Lipinski definition) is 2. The summed E-state index contributed by atoms with van der Waals surface area (Å²) in [5, 5.41) is 12.9. The Labute approximate surface area is 133 Å². The monoisotopic (exact) mass is 308 g/mol. The molecule has 5 heteroatoms. The Bertz CT molecular complexity index is 850. The molecular weight excluding hydrogens is 292 g/mol. The number of para-hydroxylation sites is 1. The van der Waals surface area contributed by atoms with Gasteiger partial charge in [0, 0.05) is 30.1 Å². The van der Waals surface area contributed by atoms with Gasteiger partial charge in [-0.2, -0.15) is 0 Å². The maximum Gasteiger partial charge on any atom is 0.231 e. The first kappa shape index (κ1) is 14.8. The number of nitrogens with one attached hydrogen (secondary N) is 1. The van der Waals surface area contributed by atoms with E-state index < -0.39 is 0 Å². The number of anilines is 1. The Morgan fingerprint density at radius 3 is 2.48 bits per heavy atom. The van der Waals surface area contributed by atoms with Crippen molar-refractivity contribution in [2.75, 3.05) is 5.32 Å². The molecule has 1 aromatic heterocycles. The molecule has 0 spiro atoms. The minimum absolute atomic E-state index is 0.103. The molecule has 0 saturated heterocycles. The number of carbonyl (C=O) groups is 2. The molecule has 116 valence electrons. The van der Waals surface area contributed by atoms with Crippen LogP contribution in [0.15, 0.2) is 60.8 Å². The van der Waals surface area contributed by atoms with Gasteiger partial charge in [0.1, 0.15) is 5.75 Å². The molecule has 0 aliphatic carbocycles. The molecule has 2 aromatic carbocycles. The van der Waals surface area contributed by atoms with Crippen molar-refractivity contribution >= 4 is 28.4 Å². The van der Waals surface area contributed by atoms with Crippen LogP contribution in [0.2, 0.25) is 0 Å². The third kappa shape index (κ3) is 3.40. The quantitative estimate of drug-likeness (QED) is 0.726. The third-order valence-corrected chi connectivity index (χ3v) is 3.59. The largest absolute Gasteiger partial charge is 0.508 e. The number of hydrogen-bond acceptors (Lipinski definition) is 3. The van der Waals surface area contributed by atoms with Crippen molar-refractivity contribution in [1.29, 1.82) is 0 Å². The molecule has 0 bridgehead atoms. The van der Waals surface area contributed by atoms with Gasteiger partial charge in [-0.1, -0.05) is 18.2 Å². The van der Waals surface area contributed by atoms with Crippen molar-refractivity contribution in [3.63, 3.8) is 0 Å². The summed E-state index contributed by atoms with van der Waals surface area (Å²) >= 11 is 0. The second-order valence-corrected chi connectivity index (χ2v) is 5.23. The van der Waals surface area contributed by atoms with Crippen LogP contribution in [0.3, 0.4) is 0 Å². The van der Waals surface area contributed by atoms with Gasteiger partial charge in [-0.05, 0) is 36.4 Å². The SMILES string of the molecule is O=C(CCC(=O)n1ccc2ccccc21)Nc1ccc(O)cc1. The van der Waals surface area contributed by atoms with E-state index in [1.54, 1.807) is 22.9 Å². The molecular formula is C18H16N2O3. The first-order valence-electron chi connectivity index (χ1n) is 7.32. The highest BCUT2D eigenvalue weighted by atomic mass is 16.3. The van der Waals surface area contributed by atoms with Crippen molar-refractivity contribution < 1.29 is 14.7 Å². The third-order valence-electron chi connectivity index (χ3n) is 3.59. The molecule has 1 amide bonds. The van der Waals surface area contributed by atoms with Crippen molar-refractivity contribution in [1.82, 2.24) is 4.57 Å². The van der Waals surface area contributed by atoms with Crippen molar-refractivity contribution in [2.24, 2.45) is 0 Å². The summed E-state index contributed by atoms with van der Waals surface area (Å²) in [5.74, 6) is -0.217.